The Kier molecular flexibility index (Phi) is 6.08. The maximum atomic E-state index is 13.5. The molecule has 0 radical (unpaired) electrons. The van der Waals surface area contributed by atoms with Gasteiger partial charge in [0.15, 0.2) is 11.5 Å². The summed E-state index contributed by atoms with van der Waals surface area (Å²) in [6.07, 6.45) is 1.65. The lowest BCUT2D eigenvalue weighted by Crippen LogP contribution is -2.31. The molecule has 0 N–H and O–H groups in total. The van der Waals surface area contributed by atoms with E-state index in [1.807, 2.05) is 48.2 Å². The second-order valence-corrected chi connectivity index (χ2v) is 8.25. The molecule has 162 valence electrons. The van der Waals surface area contributed by atoms with Gasteiger partial charge >= 0.3 is 0 Å². The number of para-hydroxylation sites is 1. The average molecular weight is 440 g/mol. The quantitative estimate of drug-likeness (QED) is 0.576. The summed E-state index contributed by atoms with van der Waals surface area (Å²) >= 11 is 1.70. The first-order valence-corrected chi connectivity index (χ1v) is 11.0. The van der Waals surface area contributed by atoms with E-state index in [2.05, 4.69) is 5.10 Å². The molecule has 2 aromatic carbocycles. The molecule has 7 nitrogen and oxygen atoms in total. The molecule has 1 aliphatic heterocycles. The fourth-order valence-corrected chi connectivity index (χ4v) is 5.06. The number of benzene rings is 2. The fourth-order valence-electron chi connectivity index (χ4n) is 3.79. The number of aromatic nitrogens is 2. The van der Waals surface area contributed by atoms with Crippen molar-refractivity contribution >= 4 is 17.7 Å². The molecule has 1 amide bonds. The van der Waals surface area contributed by atoms with Gasteiger partial charge in [-0.05, 0) is 25.1 Å². The Morgan fingerprint density at radius 1 is 1.03 bits per heavy atom. The molecule has 2 heterocycles. The lowest BCUT2D eigenvalue weighted by molar-refractivity contribution is 0.0758. The van der Waals surface area contributed by atoms with E-state index in [4.69, 9.17) is 14.2 Å². The van der Waals surface area contributed by atoms with Gasteiger partial charge in [0.25, 0.3) is 5.91 Å². The van der Waals surface area contributed by atoms with Crippen LogP contribution in [0.5, 0.6) is 17.2 Å². The lowest BCUT2D eigenvalue weighted by atomic mass is 10.1. The lowest BCUT2D eigenvalue weighted by Gasteiger charge is -2.26. The maximum absolute atomic E-state index is 13.5. The summed E-state index contributed by atoms with van der Waals surface area (Å²) < 4.78 is 18.3. The average Bonchev–Trinajstić information content (AvgIpc) is 3.45. The van der Waals surface area contributed by atoms with Crippen LogP contribution in [0.3, 0.4) is 0 Å². The molecule has 1 aromatic heterocycles. The number of ether oxygens (including phenoxy) is 3. The van der Waals surface area contributed by atoms with Crippen LogP contribution in [0.1, 0.15) is 27.0 Å². The molecule has 0 aliphatic carbocycles. The molecule has 0 spiro atoms. The van der Waals surface area contributed by atoms with Crippen molar-refractivity contribution in [2.45, 2.75) is 12.3 Å². The second-order valence-electron chi connectivity index (χ2n) is 7.06. The number of nitrogens with zero attached hydrogens (tertiary/aromatic N) is 3. The van der Waals surface area contributed by atoms with Gasteiger partial charge in [0, 0.05) is 23.9 Å². The van der Waals surface area contributed by atoms with Crippen LogP contribution in [0, 0.1) is 6.92 Å². The monoisotopic (exact) mass is 439 g/mol. The number of thioether (sulfide) groups is 1. The molecular formula is C23H25N3O4S. The van der Waals surface area contributed by atoms with Crippen molar-refractivity contribution in [3.8, 4) is 22.9 Å². The van der Waals surface area contributed by atoms with Gasteiger partial charge in [-0.25, -0.2) is 4.68 Å². The Labute approximate surface area is 185 Å². The zero-order valence-corrected chi connectivity index (χ0v) is 18.8. The topological polar surface area (TPSA) is 65.8 Å². The summed E-state index contributed by atoms with van der Waals surface area (Å²) in [4.78, 5) is 15.4. The summed E-state index contributed by atoms with van der Waals surface area (Å²) in [5, 5.41) is 4.27. The van der Waals surface area contributed by atoms with Crippen LogP contribution in [0.4, 0.5) is 0 Å². The van der Waals surface area contributed by atoms with E-state index < -0.39 is 0 Å². The first kappa shape index (κ1) is 21.1. The third-order valence-corrected chi connectivity index (χ3v) is 6.64. The number of methoxy groups -OCH3 is 3. The number of hydrogen-bond acceptors (Lipinski definition) is 6. The predicted molar refractivity (Wildman–Crippen MR) is 121 cm³/mol. The third kappa shape index (κ3) is 3.83. The van der Waals surface area contributed by atoms with Gasteiger partial charge in [-0.15, -0.1) is 11.8 Å². The maximum Gasteiger partial charge on any atom is 0.258 e. The number of carbonyl (C=O) groups excluding carboxylic acids is 1. The molecule has 0 saturated carbocycles. The van der Waals surface area contributed by atoms with Crippen molar-refractivity contribution < 1.29 is 19.0 Å². The zero-order chi connectivity index (χ0) is 22.0. The molecule has 1 unspecified atom stereocenters. The Morgan fingerprint density at radius 3 is 2.39 bits per heavy atom. The van der Waals surface area contributed by atoms with Crippen molar-refractivity contribution in [1.82, 2.24) is 14.7 Å². The van der Waals surface area contributed by atoms with E-state index >= 15 is 0 Å². The van der Waals surface area contributed by atoms with Crippen LogP contribution in [-0.4, -0.2) is 54.2 Å². The number of amides is 1. The van der Waals surface area contributed by atoms with E-state index in [-0.39, 0.29) is 11.3 Å². The smallest absolute Gasteiger partial charge is 0.258 e. The molecule has 1 aliphatic rings. The largest absolute Gasteiger partial charge is 0.496 e. The highest BCUT2D eigenvalue weighted by Crippen LogP contribution is 2.46. The van der Waals surface area contributed by atoms with E-state index in [9.17, 15) is 4.79 Å². The van der Waals surface area contributed by atoms with E-state index in [0.717, 1.165) is 22.7 Å². The van der Waals surface area contributed by atoms with Crippen molar-refractivity contribution in [3.05, 3.63) is 65.5 Å². The molecule has 31 heavy (non-hydrogen) atoms. The SMILES string of the molecule is COc1cc(OC)c(C2SCCN2C(=O)c2cnn(-c3ccccc3)c2C)cc1OC. The number of hydrogen-bond donors (Lipinski definition) is 0. The van der Waals surface area contributed by atoms with E-state index in [0.29, 0.717) is 29.4 Å². The highest BCUT2D eigenvalue weighted by atomic mass is 32.2. The van der Waals surface area contributed by atoms with Gasteiger partial charge in [-0.1, -0.05) is 18.2 Å². The normalized spacial score (nSPS) is 15.7. The Morgan fingerprint density at radius 2 is 1.71 bits per heavy atom. The van der Waals surface area contributed by atoms with Crippen molar-refractivity contribution in [1.29, 1.82) is 0 Å². The third-order valence-electron chi connectivity index (χ3n) is 5.39. The van der Waals surface area contributed by atoms with Crippen LogP contribution in [0.25, 0.3) is 5.69 Å². The van der Waals surface area contributed by atoms with Gasteiger partial charge in [0.2, 0.25) is 0 Å². The first-order valence-electron chi connectivity index (χ1n) is 9.91. The molecule has 4 rings (SSSR count). The second kappa shape index (κ2) is 8.93. The van der Waals surface area contributed by atoms with Crippen LogP contribution in [0.15, 0.2) is 48.7 Å². The highest BCUT2D eigenvalue weighted by molar-refractivity contribution is 7.99. The summed E-state index contributed by atoms with van der Waals surface area (Å²) in [7, 11) is 4.80. The molecule has 0 bridgehead atoms. The van der Waals surface area contributed by atoms with Crippen LogP contribution in [-0.2, 0) is 0 Å². The summed E-state index contributed by atoms with van der Waals surface area (Å²) in [5.41, 5.74) is 3.21. The van der Waals surface area contributed by atoms with Gasteiger partial charge in [-0.2, -0.15) is 5.10 Å². The fraction of sp³-hybridized carbons (Fsp3) is 0.304. The van der Waals surface area contributed by atoms with Crippen molar-refractivity contribution in [2.24, 2.45) is 0 Å². The summed E-state index contributed by atoms with van der Waals surface area (Å²) in [6, 6.07) is 13.5. The minimum atomic E-state index is -0.193. The minimum Gasteiger partial charge on any atom is -0.496 e. The molecule has 3 aromatic rings. The Hall–Kier alpha value is -3.13. The minimum absolute atomic E-state index is 0.0495. The van der Waals surface area contributed by atoms with E-state index in [1.165, 1.54) is 0 Å². The van der Waals surface area contributed by atoms with Crippen LogP contribution >= 0.6 is 11.8 Å². The Balaban J connectivity index is 1.69. The highest BCUT2D eigenvalue weighted by Gasteiger charge is 2.35. The number of carbonyl (C=O) groups is 1. The predicted octanol–water partition coefficient (Wildman–Crippen LogP) is 4.09. The molecule has 1 fully saturated rings. The summed E-state index contributed by atoms with van der Waals surface area (Å²) in [6.45, 7) is 2.56. The van der Waals surface area contributed by atoms with Gasteiger partial charge in [0.05, 0.1) is 44.5 Å². The van der Waals surface area contributed by atoms with Crippen LogP contribution in [0.2, 0.25) is 0 Å². The standard InChI is InChI=1S/C23H25N3O4S/c1-15-18(14-24-26(15)16-8-6-5-7-9-16)22(27)25-10-11-31-23(25)17-12-20(29-3)21(30-4)13-19(17)28-2/h5-9,12-14,23H,10-11H2,1-4H3. The first-order chi connectivity index (χ1) is 15.1. The van der Waals surface area contributed by atoms with Crippen LogP contribution < -0.4 is 14.2 Å². The van der Waals surface area contributed by atoms with Gasteiger partial charge < -0.3 is 19.1 Å². The van der Waals surface area contributed by atoms with E-state index in [1.54, 1.807) is 50.0 Å². The number of rotatable bonds is 6. The molecule has 8 heteroatoms. The van der Waals surface area contributed by atoms with Crippen molar-refractivity contribution in [3.63, 3.8) is 0 Å². The van der Waals surface area contributed by atoms with Crippen molar-refractivity contribution in [2.75, 3.05) is 33.6 Å². The summed E-state index contributed by atoms with van der Waals surface area (Å²) in [5.74, 6) is 2.63. The molecule has 1 atom stereocenters. The van der Waals surface area contributed by atoms with Gasteiger partial charge in [-0.3, -0.25) is 4.79 Å². The molecular weight excluding hydrogens is 414 g/mol. The zero-order valence-electron chi connectivity index (χ0n) is 18.0. The molecule has 1 saturated heterocycles. The van der Waals surface area contributed by atoms with Gasteiger partial charge in [0.1, 0.15) is 11.1 Å². The Bertz CT molecular complexity index is 1080.